The van der Waals surface area contributed by atoms with Gasteiger partial charge < -0.3 is 5.11 Å². The monoisotopic (exact) mass is 264 g/mol. The molecule has 0 saturated carbocycles. The lowest BCUT2D eigenvalue weighted by atomic mass is 10.1. The molecule has 1 aliphatic rings. The van der Waals surface area contributed by atoms with Crippen LogP contribution in [0.4, 0.5) is 0 Å². The van der Waals surface area contributed by atoms with Gasteiger partial charge in [-0.05, 0) is 19.3 Å². The standard InChI is InChI=1S/C10H20N2O4S/c1-2-7-11-17(15,16)12-8-5-3-4-6-9(12)10(13)14/h9,11H,2-8H2,1H3,(H,13,14). The molecule has 17 heavy (non-hydrogen) atoms. The summed E-state index contributed by atoms with van der Waals surface area (Å²) in [6.07, 6.45) is 3.43. The van der Waals surface area contributed by atoms with E-state index in [1.807, 2.05) is 6.92 Å². The summed E-state index contributed by atoms with van der Waals surface area (Å²) in [6, 6.07) is -0.924. The van der Waals surface area contributed by atoms with Crippen LogP contribution in [0.25, 0.3) is 0 Å². The van der Waals surface area contributed by atoms with Gasteiger partial charge in [-0.15, -0.1) is 0 Å². The molecular formula is C10H20N2O4S. The zero-order valence-electron chi connectivity index (χ0n) is 10.1. The molecule has 1 heterocycles. The van der Waals surface area contributed by atoms with E-state index in [0.717, 1.165) is 23.6 Å². The van der Waals surface area contributed by atoms with Gasteiger partial charge in [0.1, 0.15) is 6.04 Å². The summed E-state index contributed by atoms with van der Waals surface area (Å²) in [6.45, 7) is 2.49. The Bertz CT molecular complexity index is 355. The van der Waals surface area contributed by atoms with Crippen LogP contribution in [0, 0.1) is 0 Å². The van der Waals surface area contributed by atoms with Crippen LogP contribution in [-0.4, -0.2) is 42.9 Å². The van der Waals surface area contributed by atoms with Crippen molar-refractivity contribution in [2.75, 3.05) is 13.1 Å². The number of nitrogens with zero attached hydrogens (tertiary/aromatic N) is 1. The molecule has 1 aliphatic heterocycles. The van der Waals surface area contributed by atoms with Crippen LogP contribution in [0.2, 0.25) is 0 Å². The molecule has 6 nitrogen and oxygen atoms in total. The minimum atomic E-state index is -3.66. The number of hydrogen-bond acceptors (Lipinski definition) is 3. The van der Waals surface area contributed by atoms with E-state index < -0.39 is 22.2 Å². The van der Waals surface area contributed by atoms with Gasteiger partial charge in [0.2, 0.25) is 0 Å². The highest BCUT2D eigenvalue weighted by atomic mass is 32.2. The van der Waals surface area contributed by atoms with Crippen LogP contribution in [0.5, 0.6) is 0 Å². The molecule has 0 aromatic rings. The molecule has 0 bridgehead atoms. The molecule has 1 unspecified atom stereocenters. The molecule has 1 atom stereocenters. The zero-order valence-corrected chi connectivity index (χ0v) is 10.9. The first kappa shape index (κ1) is 14.4. The lowest BCUT2D eigenvalue weighted by Crippen LogP contribution is -2.49. The first-order chi connectivity index (χ1) is 7.99. The molecule has 0 amide bonds. The summed E-state index contributed by atoms with van der Waals surface area (Å²) < 4.78 is 27.4. The van der Waals surface area contributed by atoms with E-state index in [0.29, 0.717) is 19.4 Å². The Morgan fingerprint density at radius 2 is 2.12 bits per heavy atom. The van der Waals surface area contributed by atoms with E-state index in [-0.39, 0.29) is 6.54 Å². The molecule has 0 spiro atoms. The van der Waals surface area contributed by atoms with Crippen molar-refractivity contribution >= 4 is 16.2 Å². The Morgan fingerprint density at radius 3 is 2.71 bits per heavy atom. The van der Waals surface area contributed by atoms with E-state index in [4.69, 9.17) is 5.11 Å². The van der Waals surface area contributed by atoms with Crippen LogP contribution in [0.15, 0.2) is 0 Å². The molecule has 2 N–H and O–H groups in total. The zero-order chi connectivity index (χ0) is 12.9. The Morgan fingerprint density at radius 1 is 1.41 bits per heavy atom. The third-order valence-corrected chi connectivity index (χ3v) is 4.46. The van der Waals surface area contributed by atoms with Crippen molar-refractivity contribution in [1.29, 1.82) is 0 Å². The normalized spacial score (nSPS) is 23.2. The first-order valence-electron chi connectivity index (χ1n) is 5.98. The van der Waals surface area contributed by atoms with Crippen LogP contribution in [-0.2, 0) is 15.0 Å². The van der Waals surface area contributed by atoms with E-state index >= 15 is 0 Å². The predicted molar refractivity (Wildman–Crippen MR) is 63.8 cm³/mol. The van der Waals surface area contributed by atoms with Gasteiger partial charge in [0.25, 0.3) is 10.2 Å². The highest BCUT2D eigenvalue weighted by Gasteiger charge is 2.35. The van der Waals surface area contributed by atoms with Gasteiger partial charge in [-0.1, -0.05) is 19.8 Å². The quantitative estimate of drug-likeness (QED) is 0.759. The summed E-state index contributed by atoms with van der Waals surface area (Å²) in [7, 11) is -3.66. The molecule has 100 valence electrons. The fraction of sp³-hybridized carbons (Fsp3) is 0.900. The fourth-order valence-corrected chi connectivity index (χ4v) is 3.46. The van der Waals surface area contributed by atoms with Crippen LogP contribution in [0.3, 0.4) is 0 Å². The highest BCUT2D eigenvalue weighted by Crippen LogP contribution is 2.19. The molecule has 0 aromatic heterocycles. The number of nitrogens with one attached hydrogen (secondary N) is 1. The highest BCUT2D eigenvalue weighted by molar-refractivity contribution is 7.87. The van der Waals surface area contributed by atoms with Crippen molar-refractivity contribution in [3.05, 3.63) is 0 Å². The lowest BCUT2D eigenvalue weighted by Gasteiger charge is -2.25. The second kappa shape index (κ2) is 6.32. The van der Waals surface area contributed by atoms with Crippen molar-refractivity contribution in [2.24, 2.45) is 0 Å². The average molecular weight is 264 g/mol. The van der Waals surface area contributed by atoms with Gasteiger partial charge >= 0.3 is 5.97 Å². The van der Waals surface area contributed by atoms with Crippen molar-refractivity contribution in [1.82, 2.24) is 9.03 Å². The maximum absolute atomic E-state index is 12.0. The second-order valence-electron chi connectivity index (χ2n) is 4.21. The SMILES string of the molecule is CCCNS(=O)(=O)N1CCCCCC1C(=O)O. The first-order valence-corrected chi connectivity index (χ1v) is 7.42. The average Bonchev–Trinajstić information content (AvgIpc) is 2.52. The molecule has 1 saturated heterocycles. The maximum Gasteiger partial charge on any atom is 0.322 e. The van der Waals surface area contributed by atoms with E-state index in [1.54, 1.807) is 0 Å². The largest absolute Gasteiger partial charge is 0.480 e. The van der Waals surface area contributed by atoms with Gasteiger partial charge in [0, 0.05) is 13.1 Å². The summed E-state index contributed by atoms with van der Waals surface area (Å²) in [5.41, 5.74) is 0. The molecular weight excluding hydrogens is 244 g/mol. The Kier molecular flexibility index (Phi) is 5.35. The number of aliphatic carboxylic acids is 1. The topological polar surface area (TPSA) is 86.7 Å². The van der Waals surface area contributed by atoms with Crippen LogP contribution in [0.1, 0.15) is 39.0 Å². The summed E-state index contributed by atoms with van der Waals surface area (Å²) in [5, 5.41) is 9.09. The number of carboxylic acids is 1. The molecule has 1 fully saturated rings. The fourth-order valence-electron chi connectivity index (χ4n) is 1.93. The summed E-state index contributed by atoms with van der Waals surface area (Å²) in [5.74, 6) is -1.06. The Labute approximate surface area is 102 Å². The van der Waals surface area contributed by atoms with Crippen molar-refractivity contribution in [3.8, 4) is 0 Å². The Hall–Kier alpha value is -0.660. The lowest BCUT2D eigenvalue weighted by molar-refractivity contribution is -0.141. The molecule has 7 heteroatoms. The molecule has 0 aromatic carbocycles. The number of rotatable bonds is 5. The minimum Gasteiger partial charge on any atom is -0.480 e. The predicted octanol–water partition coefficient (Wildman–Crippen LogP) is 0.560. The second-order valence-corrected chi connectivity index (χ2v) is 5.92. The van der Waals surface area contributed by atoms with Gasteiger partial charge in [-0.3, -0.25) is 4.79 Å². The molecule has 0 aliphatic carbocycles. The maximum atomic E-state index is 12.0. The third-order valence-electron chi connectivity index (χ3n) is 2.83. The van der Waals surface area contributed by atoms with E-state index in [2.05, 4.69) is 4.72 Å². The van der Waals surface area contributed by atoms with Crippen molar-refractivity contribution in [2.45, 2.75) is 45.1 Å². The van der Waals surface area contributed by atoms with Crippen LogP contribution >= 0.6 is 0 Å². The molecule has 1 rings (SSSR count). The van der Waals surface area contributed by atoms with E-state index in [1.165, 1.54) is 0 Å². The summed E-state index contributed by atoms with van der Waals surface area (Å²) >= 11 is 0. The summed E-state index contributed by atoms with van der Waals surface area (Å²) in [4.78, 5) is 11.1. The van der Waals surface area contributed by atoms with Crippen molar-refractivity contribution < 1.29 is 18.3 Å². The molecule has 0 radical (unpaired) electrons. The number of carbonyl (C=O) groups is 1. The Balaban J connectivity index is 2.85. The number of carboxylic acid groups (broad SMARTS) is 1. The minimum absolute atomic E-state index is 0.288. The van der Waals surface area contributed by atoms with E-state index in [9.17, 15) is 13.2 Å². The van der Waals surface area contributed by atoms with Crippen molar-refractivity contribution in [3.63, 3.8) is 0 Å². The van der Waals surface area contributed by atoms with Gasteiger partial charge in [-0.2, -0.15) is 12.7 Å². The third kappa shape index (κ3) is 3.93. The van der Waals surface area contributed by atoms with Gasteiger partial charge in [0.05, 0.1) is 0 Å². The number of hydrogen-bond donors (Lipinski definition) is 2. The van der Waals surface area contributed by atoms with Gasteiger partial charge in [0.15, 0.2) is 0 Å². The smallest absolute Gasteiger partial charge is 0.322 e. The van der Waals surface area contributed by atoms with Crippen LogP contribution < -0.4 is 4.72 Å². The van der Waals surface area contributed by atoms with Gasteiger partial charge in [-0.25, -0.2) is 4.72 Å².